The summed E-state index contributed by atoms with van der Waals surface area (Å²) in [6.07, 6.45) is 0. The molecule has 0 spiro atoms. The lowest BCUT2D eigenvalue weighted by molar-refractivity contribution is -0.384. The fraction of sp³-hybridized carbons (Fsp3) is 0.190. The van der Waals surface area contributed by atoms with Gasteiger partial charge in [0.2, 0.25) is 5.88 Å². The number of nitrogens with zero attached hydrogens (tertiary/aromatic N) is 2. The van der Waals surface area contributed by atoms with E-state index in [1.165, 1.54) is 13.2 Å². The second kappa shape index (κ2) is 7.33. The van der Waals surface area contributed by atoms with Crippen molar-refractivity contribution >= 4 is 17.1 Å². The van der Waals surface area contributed by atoms with Gasteiger partial charge >= 0.3 is 0 Å². The average Bonchev–Trinajstić information content (AvgIpc) is 2.77. The summed E-state index contributed by atoms with van der Waals surface area (Å²) in [6, 6.07) is 12.2. The highest BCUT2D eigenvalue weighted by Gasteiger charge is 2.38. The number of allylic oxidation sites excluding steroid dienone is 1. The fourth-order valence-electron chi connectivity index (χ4n) is 3.86. The molecule has 4 rings (SSSR count). The number of methoxy groups -OCH3 is 2. The van der Waals surface area contributed by atoms with Gasteiger partial charge < -0.3 is 25.3 Å². The number of para-hydroxylation sites is 1. The molecule has 3 N–H and O–H groups in total. The molecule has 0 fully saturated rings. The van der Waals surface area contributed by atoms with Crippen molar-refractivity contribution in [2.24, 2.45) is 5.73 Å². The first-order chi connectivity index (χ1) is 14.5. The normalized spacial score (nSPS) is 17.2. The van der Waals surface area contributed by atoms with Crippen LogP contribution in [-0.2, 0) is 4.74 Å². The van der Waals surface area contributed by atoms with Crippen LogP contribution >= 0.6 is 0 Å². The Bertz CT molecular complexity index is 1160. The van der Waals surface area contributed by atoms with E-state index in [-0.39, 0.29) is 23.7 Å². The van der Waals surface area contributed by atoms with E-state index < -0.39 is 10.8 Å². The first-order valence-electron chi connectivity index (χ1n) is 9.04. The molecule has 30 heavy (non-hydrogen) atoms. The van der Waals surface area contributed by atoms with Crippen LogP contribution in [0.25, 0.3) is 5.76 Å². The predicted octanol–water partition coefficient (Wildman–Crippen LogP) is 3.26. The third kappa shape index (κ3) is 2.86. The number of fused-ring (bicyclic) bond motifs is 2. The van der Waals surface area contributed by atoms with Gasteiger partial charge in [-0.25, -0.2) is 0 Å². The van der Waals surface area contributed by atoms with Crippen LogP contribution in [0.5, 0.6) is 11.5 Å². The van der Waals surface area contributed by atoms with E-state index in [2.05, 4.69) is 11.4 Å². The highest BCUT2D eigenvalue weighted by molar-refractivity contribution is 5.86. The molecule has 2 heterocycles. The van der Waals surface area contributed by atoms with Crippen molar-refractivity contribution in [3.63, 3.8) is 0 Å². The van der Waals surface area contributed by atoms with E-state index in [0.29, 0.717) is 28.5 Å². The van der Waals surface area contributed by atoms with Crippen molar-refractivity contribution < 1.29 is 19.1 Å². The number of nitro groups is 1. The first-order valence-corrected chi connectivity index (χ1v) is 9.04. The van der Waals surface area contributed by atoms with Gasteiger partial charge in [-0.1, -0.05) is 12.1 Å². The summed E-state index contributed by atoms with van der Waals surface area (Å²) in [6.45, 7) is 0.255. The molecule has 1 atom stereocenters. The quantitative estimate of drug-likeness (QED) is 0.584. The maximum atomic E-state index is 11.4. The molecule has 0 bridgehead atoms. The Morgan fingerprint density at radius 2 is 2.03 bits per heavy atom. The molecule has 9 nitrogen and oxygen atoms in total. The summed E-state index contributed by atoms with van der Waals surface area (Å²) in [5.74, 6) is 0.956. The Balaban J connectivity index is 1.92. The Morgan fingerprint density at radius 1 is 1.27 bits per heavy atom. The Morgan fingerprint density at radius 3 is 2.70 bits per heavy atom. The number of ether oxygens (including phenoxy) is 3. The zero-order chi connectivity index (χ0) is 21.4. The molecule has 0 saturated heterocycles. The number of benzene rings is 2. The lowest BCUT2D eigenvalue weighted by Gasteiger charge is -2.33. The molecule has 2 aromatic carbocycles. The SMILES string of the molecule is COc1ccc(C2C(C#N)=C(N)OC3=C2CNc2c3cccc2[N+](=O)[O-])cc1OC. The summed E-state index contributed by atoms with van der Waals surface area (Å²) >= 11 is 0. The first kappa shape index (κ1) is 19.1. The van der Waals surface area contributed by atoms with Crippen molar-refractivity contribution in [2.45, 2.75) is 5.92 Å². The zero-order valence-corrected chi connectivity index (χ0v) is 16.3. The average molecular weight is 406 g/mol. The maximum Gasteiger partial charge on any atom is 0.293 e. The van der Waals surface area contributed by atoms with Crippen LogP contribution in [-0.4, -0.2) is 25.7 Å². The number of nitriles is 1. The summed E-state index contributed by atoms with van der Waals surface area (Å²) in [5.41, 5.74) is 8.70. The molecule has 9 heteroatoms. The van der Waals surface area contributed by atoms with Crippen LogP contribution in [0.3, 0.4) is 0 Å². The zero-order valence-electron chi connectivity index (χ0n) is 16.3. The van der Waals surface area contributed by atoms with E-state index in [1.807, 2.05) is 6.07 Å². The summed E-state index contributed by atoms with van der Waals surface area (Å²) in [4.78, 5) is 11.0. The van der Waals surface area contributed by atoms with Crippen LogP contribution in [0, 0.1) is 21.4 Å². The van der Waals surface area contributed by atoms with Crippen LogP contribution in [0.1, 0.15) is 17.0 Å². The van der Waals surface area contributed by atoms with Crippen molar-refractivity contribution in [1.29, 1.82) is 5.26 Å². The number of rotatable bonds is 4. The smallest absolute Gasteiger partial charge is 0.293 e. The van der Waals surface area contributed by atoms with Gasteiger partial charge in [-0.05, 0) is 23.8 Å². The molecule has 0 amide bonds. The number of anilines is 1. The molecule has 0 radical (unpaired) electrons. The molecule has 0 aliphatic carbocycles. The third-order valence-corrected chi connectivity index (χ3v) is 5.21. The van der Waals surface area contributed by atoms with Gasteiger partial charge in [-0.3, -0.25) is 10.1 Å². The van der Waals surface area contributed by atoms with Crippen LogP contribution in [0.4, 0.5) is 11.4 Å². The molecule has 2 aliphatic rings. The largest absolute Gasteiger partial charge is 0.493 e. The summed E-state index contributed by atoms with van der Waals surface area (Å²) < 4.78 is 16.5. The molecule has 152 valence electrons. The lowest BCUT2D eigenvalue weighted by Crippen LogP contribution is -2.27. The minimum absolute atomic E-state index is 0.0320. The number of hydrogen-bond acceptors (Lipinski definition) is 8. The van der Waals surface area contributed by atoms with Crippen molar-refractivity contribution in [2.75, 3.05) is 26.1 Å². The van der Waals surface area contributed by atoms with Gasteiger partial charge in [-0.15, -0.1) is 0 Å². The van der Waals surface area contributed by atoms with Crippen LogP contribution < -0.4 is 20.5 Å². The second-order valence-electron chi connectivity index (χ2n) is 6.70. The van der Waals surface area contributed by atoms with Gasteiger partial charge in [0, 0.05) is 23.7 Å². The van der Waals surface area contributed by atoms with E-state index in [9.17, 15) is 15.4 Å². The summed E-state index contributed by atoms with van der Waals surface area (Å²) in [5, 5.41) is 24.3. The standard InChI is InChI=1S/C21H18N4O5/c1-28-16-7-6-11(8-17(16)29-2)18-13(9-22)21(23)30-20-12-4-3-5-15(25(26)27)19(12)24-10-14(18)20/h3-8,18,24H,10,23H2,1-2H3. The van der Waals surface area contributed by atoms with Crippen LogP contribution in [0.15, 0.2) is 53.4 Å². The topological polar surface area (TPSA) is 133 Å². The van der Waals surface area contributed by atoms with Gasteiger partial charge in [-0.2, -0.15) is 5.26 Å². The minimum Gasteiger partial charge on any atom is -0.493 e. The molecule has 1 unspecified atom stereocenters. The van der Waals surface area contributed by atoms with Gasteiger partial charge in [0.25, 0.3) is 5.69 Å². The van der Waals surface area contributed by atoms with Gasteiger partial charge in [0.05, 0.1) is 25.1 Å². The Hall–Kier alpha value is -4.19. The lowest BCUT2D eigenvalue weighted by atomic mass is 9.80. The van der Waals surface area contributed by atoms with Crippen molar-refractivity contribution in [3.05, 3.63) is 74.7 Å². The molecular formula is C21H18N4O5. The summed E-state index contributed by atoms with van der Waals surface area (Å²) in [7, 11) is 3.07. The van der Waals surface area contributed by atoms with Crippen molar-refractivity contribution in [3.8, 4) is 17.6 Å². The van der Waals surface area contributed by atoms with E-state index >= 15 is 0 Å². The number of hydrogen-bond donors (Lipinski definition) is 2. The Kier molecular flexibility index (Phi) is 4.68. The molecule has 0 aromatic heterocycles. The number of nitro benzene ring substituents is 1. The molecule has 0 saturated carbocycles. The van der Waals surface area contributed by atoms with Gasteiger partial charge in [0.15, 0.2) is 11.5 Å². The van der Waals surface area contributed by atoms with Crippen molar-refractivity contribution in [1.82, 2.24) is 0 Å². The second-order valence-corrected chi connectivity index (χ2v) is 6.70. The fourth-order valence-corrected chi connectivity index (χ4v) is 3.86. The van der Waals surface area contributed by atoms with Gasteiger partial charge in [0.1, 0.15) is 23.1 Å². The molecular weight excluding hydrogens is 388 g/mol. The third-order valence-electron chi connectivity index (χ3n) is 5.21. The Labute approximate surface area is 172 Å². The van der Waals surface area contributed by atoms with E-state index in [1.54, 1.807) is 31.4 Å². The van der Waals surface area contributed by atoms with Crippen LogP contribution in [0.2, 0.25) is 0 Å². The number of nitrogens with one attached hydrogen (secondary N) is 1. The highest BCUT2D eigenvalue weighted by atomic mass is 16.6. The van der Waals surface area contributed by atoms with E-state index in [0.717, 1.165) is 11.1 Å². The van der Waals surface area contributed by atoms with E-state index in [4.69, 9.17) is 19.9 Å². The molecule has 2 aliphatic heterocycles. The monoisotopic (exact) mass is 406 g/mol. The predicted molar refractivity (Wildman–Crippen MR) is 109 cm³/mol. The highest BCUT2D eigenvalue weighted by Crippen LogP contribution is 2.48. The molecule has 2 aromatic rings. The minimum atomic E-state index is -0.501. The maximum absolute atomic E-state index is 11.4. The number of nitrogens with two attached hydrogens (primary N) is 1.